The fraction of sp³-hybridized carbons (Fsp3) is 0.350. The van der Waals surface area contributed by atoms with Crippen molar-refractivity contribution >= 4 is 28.9 Å². The number of rotatable bonds is 6. The molecule has 0 saturated carbocycles. The van der Waals surface area contributed by atoms with Crippen LogP contribution < -0.4 is 0 Å². The van der Waals surface area contributed by atoms with E-state index in [-0.39, 0.29) is 5.97 Å². The van der Waals surface area contributed by atoms with E-state index in [9.17, 15) is 4.79 Å². The van der Waals surface area contributed by atoms with Gasteiger partial charge in [-0.2, -0.15) is 4.98 Å². The fourth-order valence-corrected chi connectivity index (χ4v) is 4.37. The van der Waals surface area contributed by atoms with Crippen molar-refractivity contribution in [1.82, 2.24) is 19.9 Å². The van der Waals surface area contributed by atoms with E-state index in [0.29, 0.717) is 36.4 Å². The van der Waals surface area contributed by atoms with Crippen LogP contribution in [-0.4, -0.2) is 59.2 Å². The van der Waals surface area contributed by atoms with E-state index in [1.165, 1.54) is 7.11 Å². The first kappa shape index (κ1) is 20.0. The molecule has 1 fully saturated rings. The van der Waals surface area contributed by atoms with Gasteiger partial charge >= 0.3 is 5.97 Å². The zero-order chi connectivity index (χ0) is 20.2. The molecular formula is C20H21ClN4O3S. The number of esters is 1. The molecule has 29 heavy (non-hydrogen) atoms. The predicted octanol–water partition coefficient (Wildman–Crippen LogP) is 3.48. The summed E-state index contributed by atoms with van der Waals surface area (Å²) < 4.78 is 10.5. The number of benzene rings is 1. The van der Waals surface area contributed by atoms with Crippen LogP contribution >= 0.6 is 22.9 Å². The van der Waals surface area contributed by atoms with Gasteiger partial charge in [-0.25, -0.2) is 4.79 Å². The van der Waals surface area contributed by atoms with Crippen LogP contribution in [0.3, 0.4) is 0 Å². The van der Waals surface area contributed by atoms with E-state index in [0.717, 1.165) is 23.5 Å². The van der Waals surface area contributed by atoms with Crippen molar-refractivity contribution in [3.63, 3.8) is 0 Å². The maximum atomic E-state index is 12.5. The van der Waals surface area contributed by atoms with Crippen LogP contribution in [0.2, 0.25) is 5.02 Å². The van der Waals surface area contributed by atoms with Gasteiger partial charge in [0.1, 0.15) is 6.04 Å². The largest absolute Gasteiger partial charge is 0.468 e. The monoisotopic (exact) mass is 432 g/mol. The van der Waals surface area contributed by atoms with Crippen LogP contribution in [0.15, 0.2) is 46.3 Å². The number of halogens is 1. The third kappa shape index (κ3) is 4.51. The fourth-order valence-electron chi connectivity index (χ4n) is 3.48. The second kappa shape index (κ2) is 9.04. The molecule has 1 aliphatic heterocycles. The van der Waals surface area contributed by atoms with Gasteiger partial charge in [0, 0.05) is 31.2 Å². The van der Waals surface area contributed by atoms with Crippen LogP contribution in [0.1, 0.15) is 17.5 Å². The van der Waals surface area contributed by atoms with Gasteiger partial charge in [0.05, 0.1) is 18.5 Å². The molecule has 1 saturated heterocycles. The van der Waals surface area contributed by atoms with Gasteiger partial charge < -0.3 is 9.26 Å². The molecule has 152 valence electrons. The number of nitrogens with zero attached hydrogens (tertiary/aromatic N) is 4. The number of hydrogen-bond acceptors (Lipinski definition) is 8. The van der Waals surface area contributed by atoms with Crippen LogP contribution in [0, 0.1) is 0 Å². The number of ether oxygens (including phenoxy) is 1. The van der Waals surface area contributed by atoms with E-state index in [1.54, 1.807) is 17.4 Å². The molecule has 0 amide bonds. The smallest absolute Gasteiger partial charge is 0.327 e. The summed E-state index contributed by atoms with van der Waals surface area (Å²) in [5, 5.41) is 6.62. The summed E-state index contributed by atoms with van der Waals surface area (Å²) in [4.78, 5) is 22.3. The van der Waals surface area contributed by atoms with E-state index >= 15 is 0 Å². The van der Waals surface area contributed by atoms with E-state index in [1.807, 2.05) is 35.7 Å². The average molecular weight is 433 g/mol. The molecule has 0 N–H and O–H groups in total. The SMILES string of the molecule is COC(=O)C(c1ccccc1Cl)N1CCN(Cc2nc(-c3cccs3)no2)CC1. The van der Waals surface area contributed by atoms with Gasteiger partial charge in [-0.15, -0.1) is 11.3 Å². The lowest BCUT2D eigenvalue weighted by Gasteiger charge is -2.37. The van der Waals surface area contributed by atoms with Crippen LogP contribution in [0.25, 0.3) is 10.7 Å². The van der Waals surface area contributed by atoms with E-state index in [4.69, 9.17) is 20.9 Å². The molecule has 2 aromatic heterocycles. The van der Waals surface area contributed by atoms with Crippen molar-refractivity contribution in [2.75, 3.05) is 33.3 Å². The van der Waals surface area contributed by atoms with Gasteiger partial charge in [0.25, 0.3) is 0 Å². The summed E-state index contributed by atoms with van der Waals surface area (Å²) in [5.41, 5.74) is 0.770. The van der Waals surface area contributed by atoms with Crippen molar-refractivity contribution in [3.8, 4) is 10.7 Å². The zero-order valence-corrected chi connectivity index (χ0v) is 17.5. The second-order valence-corrected chi connectivity index (χ2v) is 8.10. The van der Waals surface area contributed by atoms with Gasteiger partial charge in [0.2, 0.25) is 11.7 Å². The molecule has 0 radical (unpaired) electrons. The first-order valence-electron chi connectivity index (χ1n) is 9.31. The van der Waals surface area contributed by atoms with Gasteiger partial charge in [-0.3, -0.25) is 9.80 Å². The topological polar surface area (TPSA) is 71.7 Å². The lowest BCUT2D eigenvalue weighted by Crippen LogP contribution is -2.49. The quantitative estimate of drug-likeness (QED) is 0.552. The van der Waals surface area contributed by atoms with Crippen molar-refractivity contribution < 1.29 is 14.1 Å². The summed E-state index contributed by atoms with van der Waals surface area (Å²) in [5.74, 6) is 0.916. The average Bonchev–Trinajstić information content (AvgIpc) is 3.42. The Morgan fingerprint density at radius 1 is 1.24 bits per heavy atom. The molecular weight excluding hydrogens is 412 g/mol. The second-order valence-electron chi connectivity index (χ2n) is 6.75. The lowest BCUT2D eigenvalue weighted by atomic mass is 10.0. The summed E-state index contributed by atoms with van der Waals surface area (Å²) in [6.45, 7) is 3.54. The Bertz CT molecular complexity index is 954. The van der Waals surface area contributed by atoms with Gasteiger partial charge in [0.15, 0.2) is 0 Å². The van der Waals surface area contributed by atoms with Crippen molar-refractivity contribution in [2.45, 2.75) is 12.6 Å². The third-order valence-corrected chi connectivity index (χ3v) is 6.17. The highest BCUT2D eigenvalue weighted by molar-refractivity contribution is 7.13. The zero-order valence-electron chi connectivity index (χ0n) is 16.0. The predicted molar refractivity (Wildman–Crippen MR) is 111 cm³/mol. The van der Waals surface area contributed by atoms with Crippen molar-refractivity contribution in [2.24, 2.45) is 0 Å². The Morgan fingerprint density at radius 2 is 2.03 bits per heavy atom. The Kier molecular flexibility index (Phi) is 6.25. The maximum absolute atomic E-state index is 12.5. The minimum Gasteiger partial charge on any atom is -0.468 e. The molecule has 3 aromatic rings. The highest BCUT2D eigenvalue weighted by Crippen LogP contribution is 2.29. The summed E-state index contributed by atoms with van der Waals surface area (Å²) in [6.07, 6.45) is 0. The van der Waals surface area contributed by atoms with Crippen molar-refractivity contribution in [3.05, 3.63) is 58.3 Å². The van der Waals surface area contributed by atoms with Crippen molar-refractivity contribution in [1.29, 1.82) is 0 Å². The highest BCUT2D eigenvalue weighted by Gasteiger charge is 2.32. The van der Waals surface area contributed by atoms with E-state index < -0.39 is 6.04 Å². The van der Waals surface area contributed by atoms with Gasteiger partial charge in [-0.05, 0) is 23.1 Å². The third-order valence-electron chi connectivity index (χ3n) is 4.96. The number of piperazine rings is 1. The minimum absolute atomic E-state index is 0.302. The first-order valence-corrected chi connectivity index (χ1v) is 10.6. The molecule has 4 rings (SSSR count). The molecule has 0 spiro atoms. The van der Waals surface area contributed by atoms with Crippen LogP contribution in [0.5, 0.6) is 0 Å². The normalized spacial score (nSPS) is 16.6. The lowest BCUT2D eigenvalue weighted by molar-refractivity contribution is -0.148. The molecule has 1 aliphatic rings. The molecule has 3 heterocycles. The van der Waals surface area contributed by atoms with E-state index in [2.05, 4.69) is 19.9 Å². The Morgan fingerprint density at radius 3 is 2.72 bits per heavy atom. The number of thiophene rings is 1. The standard InChI is InChI=1S/C20H21ClN4O3S/c1-27-20(26)18(14-5-2-3-6-15(14)21)25-10-8-24(9-11-25)13-17-22-19(23-28-17)16-7-4-12-29-16/h2-7,12,18H,8-11,13H2,1H3. The number of methoxy groups -OCH3 is 1. The molecule has 1 atom stereocenters. The molecule has 1 aromatic carbocycles. The van der Waals surface area contributed by atoms with Crippen LogP contribution in [-0.2, 0) is 16.1 Å². The number of hydrogen-bond donors (Lipinski definition) is 0. The Balaban J connectivity index is 1.40. The summed E-state index contributed by atoms with van der Waals surface area (Å²) in [6, 6.07) is 10.8. The number of carbonyl (C=O) groups excluding carboxylic acids is 1. The molecule has 0 aliphatic carbocycles. The number of carbonyl (C=O) groups is 1. The Labute approximate surface area is 177 Å². The summed E-state index contributed by atoms with van der Waals surface area (Å²) >= 11 is 7.93. The first-order chi connectivity index (χ1) is 14.2. The van der Waals surface area contributed by atoms with Gasteiger partial charge in [-0.1, -0.05) is 41.0 Å². The highest BCUT2D eigenvalue weighted by atomic mass is 35.5. The summed E-state index contributed by atoms with van der Waals surface area (Å²) in [7, 11) is 1.41. The molecule has 9 heteroatoms. The molecule has 7 nitrogen and oxygen atoms in total. The Hall–Kier alpha value is -2.26. The minimum atomic E-state index is -0.510. The number of aromatic nitrogens is 2. The molecule has 1 unspecified atom stereocenters. The van der Waals surface area contributed by atoms with Crippen LogP contribution in [0.4, 0.5) is 0 Å². The maximum Gasteiger partial charge on any atom is 0.327 e. The molecule has 0 bridgehead atoms.